The summed E-state index contributed by atoms with van der Waals surface area (Å²) in [7, 11) is -3.50. The van der Waals surface area contributed by atoms with Gasteiger partial charge in [-0.05, 0) is 37.6 Å². The Balaban J connectivity index is 2.06. The second-order valence-electron chi connectivity index (χ2n) is 6.54. The molecule has 0 saturated heterocycles. The third-order valence-corrected chi connectivity index (χ3v) is 5.81. The molecule has 1 aliphatic rings. The highest BCUT2D eigenvalue weighted by Crippen LogP contribution is 2.51. The van der Waals surface area contributed by atoms with Gasteiger partial charge in [-0.25, -0.2) is 13.1 Å². The first-order valence-electron chi connectivity index (χ1n) is 7.52. The molecule has 1 atom stereocenters. The third kappa shape index (κ3) is 3.84. The number of H-pyrrole nitrogens is 1. The SMILES string of the molecule is CCCNCc1n[nH]c(C)c1S(=O)(=O)NCC1CC1(C)C. The molecule has 1 aromatic heterocycles. The molecule has 1 aromatic rings. The van der Waals surface area contributed by atoms with Crippen molar-refractivity contribution >= 4 is 10.0 Å². The van der Waals surface area contributed by atoms with Gasteiger partial charge in [0.05, 0.1) is 11.4 Å². The Morgan fingerprint density at radius 2 is 2.10 bits per heavy atom. The van der Waals surface area contributed by atoms with Crippen LogP contribution in [0.2, 0.25) is 0 Å². The van der Waals surface area contributed by atoms with Gasteiger partial charge in [0.15, 0.2) is 0 Å². The van der Waals surface area contributed by atoms with Crippen molar-refractivity contribution in [3.05, 3.63) is 11.4 Å². The fourth-order valence-corrected chi connectivity index (χ4v) is 3.98. The Morgan fingerprint density at radius 3 is 2.67 bits per heavy atom. The lowest BCUT2D eigenvalue weighted by atomic mass is 10.1. The van der Waals surface area contributed by atoms with Crippen molar-refractivity contribution in [2.24, 2.45) is 11.3 Å². The van der Waals surface area contributed by atoms with Crippen molar-refractivity contribution in [2.75, 3.05) is 13.1 Å². The second-order valence-corrected chi connectivity index (χ2v) is 8.25. The molecule has 1 heterocycles. The van der Waals surface area contributed by atoms with Crippen LogP contribution in [-0.2, 0) is 16.6 Å². The van der Waals surface area contributed by atoms with Crippen LogP contribution in [0.3, 0.4) is 0 Å². The van der Waals surface area contributed by atoms with Crippen LogP contribution in [-0.4, -0.2) is 31.7 Å². The maximum Gasteiger partial charge on any atom is 0.244 e. The highest BCUT2D eigenvalue weighted by atomic mass is 32.2. The average molecular weight is 314 g/mol. The van der Waals surface area contributed by atoms with E-state index in [1.54, 1.807) is 6.92 Å². The van der Waals surface area contributed by atoms with Gasteiger partial charge in [-0.2, -0.15) is 5.10 Å². The lowest BCUT2D eigenvalue weighted by Gasteiger charge is -2.09. The van der Waals surface area contributed by atoms with Gasteiger partial charge >= 0.3 is 0 Å². The maximum atomic E-state index is 12.5. The molecule has 0 bridgehead atoms. The van der Waals surface area contributed by atoms with Crippen LogP contribution in [0.4, 0.5) is 0 Å². The summed E-state index contributed by atoms with van der Waals surface area (Å²) < 4.78 is 27.8. The number of aryl methyl sites for hydroxylation is 1. The molecule has 0 spiro atoms. The highest BCUT2D eigenvalue weighted by Gasteiger charge is 2.45. The van der Waals surface area contributed by atoms with Crippen LogP contribution >= 0.6 is 0 Å². The monoisotopic (exact) mass is 314 g/mol. The van der Waals surface area contributed by atoms with Gasteiger partial charge in [-0.15, -0.1) is 0 Å². The minimum atomic E-state index is -3.50. The number of aromatic amines is 1. The molecule has 2 rings (SSSR count). The topological polar surface area (TPSA) is 86.9 Å². The van der Waals surface area contributed by atoms with E-state index in [1.807, 2.05) is 0 Å². The molecule has 0 aromatic carbocycles. The van der Waals surface area contributed by atoms with E-state index in [1.165, 1.54) is 0 Å². The fourth-order valence-electron chi connectivity index (χ4n) is 2.54. The van der Waals surface area contributed by atoms with Crippen LogP contribution in [0, 0.1) is 18.3 Å². The Hall–Kier alpha value is -0.920. The third-order valence-electron chi connectivity index (χ3n) is 4.19. The first-order chi connectivity index (χ1) is 9.78. The number of nitrogens with one attached hydrogen (secondary N) is 3. The van der Waals surface area contributed by atoms with E-state index in [4.69, 9.17) is 0 Å². The molecule has 0 radical (unpaired) electrons. The Bertz CT molecular complexity index is 592. The van der Waals surface area contributed by atoms with Crippen molar-refractivity contribution in [3.63, 3.8) is 0 Å². The standard InChI is InChI=1S/C14H26N4O2S/c1-5-6-15-9-12-13(10(2)17-18-12)21(19,20)16-8-11-7-14(11,3)4/h11,15-16H,5-9H2,1-4H3,(H,17,18). The summed E-state index contributed by atoms with van der Waals surface area (Å²) in [4.78, 5) is 0.296. The van der Waals surface area contributed by atoms with Gasteiger partial charge in [-0.1, -0.05) is 20.8 Å². The van der Waals surface area contributed by atoms with Crippen molar-refractivity contribution in [1.82, 2.24) is 20.2 Å². The Morgan fingerprint density at radius 1 is 1.43 bits per heavy atom. The molecule has 120 valence electrons. The zero-order valence-corrected chi connectivity index (χ0v) is 14.1. The molecule has 1 saturated carbocycles. The predicted octanol–water partition coefficient (Wildman–Crippen LogP) is 1.54. The van der Waals surface area contributed by atoms with E-state index in [-0.39, 0.29) is 5.41 Å². The molecule has 0 amide bonds. The van der Waals surface area contributed by atoms with Crippen molar-refractivity contribution < 1.29 is 8.42 Å². The van der Waals surface area contributed by atoms with Gasteiger partial charge in [0, 0.05) is 13.1 Å². The van der Waals surface area contributed by atoms with Crippen molar-refractivity contribution in [2.45, 2.75) is 52.0 Å². The van der Waals surface area contributed by atoms with Gasteiger partial charge < -0.3 is 5.32 Å². The van der Waals surface area contributed by atoms with Gasteiger partial charge in [0.1, 0.15) is 4.90 Å². The molecule has 21 heavy (non-hydrogen) atoms. The minimum absolute atomic E-state index is 0.263. The number of aromatic nitrogens is 2. The number of nitrogens with zero attached hydrogens (tertiary/aromatic N) is 1. The first-order valence-corrected chi connectivity index (χ1v) is 9.00. The normalized spacial score (nSPS) is 20.7. The number of rotatable bonds is 8. The summed E-state index contributed by atoms with van der Waals surface area (Å²) in [5.41, 5.74) is 1.41. The van der Waals surface area contributed by atoms with Crippen LogP contribution < -0.4 is 10.0 Å². The number of hydrogen-bond donors (Lipinski definition) is 3. The lowest BCUT2D eigenvalue weighted by Crippen LogP contribution is -2.28. The quantitative estimate of drug-likeness (QED) is 0.635. The number of sulfonamides is 1. The van der Waals surface area contributed by atoms with E-state index in [0.29, 0.717) is 35.3 Å². The molecule has 6 nitrogen and oxygen atoms in total. The second kappa shape index (κ2) is 6.06. The summed E-state index contributed by atoms with van der Waals surface area (Å²) in [5, 5.41) is 10.1. The van der Waals surface area contributed by atoms with Crippen LogP contribution in [0.25, 0.3) is 0 Å². The predicted molar refractivity (Wildman–Crippen MR) is 82.4 cm³/mol. The molecule has 3 N–H and O–H groups in total. The Labute approximate surface area is 127 Å². The molecule has 1 aliphatic carbocycles. The van der Waals surface area contributed by atoms with Gasteiger partial charge in [0.2, 0.25) is 10.0 Å². The smallest absolute Gasteiger partial charge is 0.244 e. The van der Waals surface area contributed by atoms with Crippen molar-refractivity contribution in [1.29, 1.82) is 0 Å². The first kappa shape index (κ1) is 16.5. The summed E-state index contributed by atoms with van der Waals surface area (Å²) in [5.74, 6) is 0.432. The minimum Gasteiger partial charge on any atom is -0.311 e. The largest absolute Gasteiger partial charge is 0.311 e. The summed E-state index contributed by atoms with van der Waals surface area (Å²) in [6.45, 7) is 9.94. The maximum absolute atomic E-state index is 12.5. The molecule has 7 heteroatoms. The zero-order valence-electron chi connectivity index (χ0n) is 13.3. The van der Waals surface area contributed by atoms with Gasteiger partial charge in [0.25, 0.3) is 0 Å². The van der Waals surface area contributed by atoms with Crippen LogP contribution in [0.5, 0.6) is 0 Å². The van der Waals surface area contributed by atoms with E-state index in [9.17, 15) is 8.42 Å². The zero-order chi connectivity index (χ0) is 15.7. The van der Waals surface area contributed by atoms with E-state index >= 15 is 0 Å². The number of hydrogen-bond acceptors (Lipinski definition) is 4. The fraction of sp³-hybridized carbons (Fsp3) is 0.786. The molecular weight excluding hydrogens is 288 g/mol. The van der Waals surface area contributed by atoms with Gasteiger partial charge in [-0.3, -0.25) is 5.10 Å². The van der Waals surface area contributed by atoms with Crippen LogP contribution in [0.1, 0.15) is 45.0 Å². The average Bonchev–Trinajstić information content (AvgIpc) is 2.82. The molecule has 1 unspecified atom stereocenters. The van der Waals surface area contributed by atoms with Crippen molar-refractivity contribution in [3.8, 4) is 0 Å². The Kier molecular flexibility index (Phi) is 4.75. The highest BCUT2D eigenvalue weighted by molar-refractivity contribution is 7.89. The lowest BCUT2D eigenvalue weighted by molar-refractivity contribution is 0.536. The van der Waals surface area contributed by atoms with E-state index in [0.717, 1.165) is 19.4 Å². The molecule has 1 fully saturated rings. The molecular formula is C14H26N4O2S. The van der Waals surface area contributed by atoms with E-state index < -0.39 is 10.0 Å². The van der Waals surface area contributed by atoms with E-state index in [2.05, 4.69) is 41.0 Å². The summed E-state index contributed by atoms with van der Waals surface area (Å²) >= 11 is 0. The van der Waals surface area contributed by atoms with Crippen LogP contribution in [0.15, 0.2) is 4.90 Å². The molecule has 0 aliphatic heterocycles. The summed E-state index contributed by atoms with van der Waals surface area (Å²) in [6, 6.07) is 0. The summed E-state index contributed by atoms with van der Waals surface area (Å²) in [6.07, 6.45) is 2.07.